The Labute approximate surface area is 129 Å². The Kier molecular flexibility index (Phi) is 4.84. The maximum absolute atomic E-state index is 8.82. The molecule has 2 atom stereocenters. The van der Waals surface area contributed by atoms with Crippen LogP contribution in [0.3, 0.4) is 0 Å². The summed E-state index contributed by atoms with van der Waals surface area (Å²) in [6.45, 7) is -2.60. The first-order valence-electron chi connectivity index (χ1n) is 6.51. The van der Waals surface area contributed by atoms with E-state index in [1.54, 1.807) is 0 Å². The summed E-state index contributed by atoms with van der Waals surface area (Å²) in [6.07, 6.45) is 3.28. The van der Waals surface area contributed by atoms with Gasteiger partial charge in [0.25, 0.3) is 6.69 Å². The Morgan fingerprint density at radius 2 is 2.00 bits per heavy atom. The van der Waals surface area contributed by atoms with Crippen LogP contribution in [0.15, 0.2) is 30.3 Å². The van der Waals surface area contributed by atoms with Crippen LogP contribution in [0.25, 0.3) is 0 Å². The van der Waals surface area contributed by atoms with Crippen LogP contribution in [0, 0.1) is 17.2 Å². The minimum atomic E-state index is -2.60. The Morgan fingerprint density at radius 1 is 1.32 bits per heavy atom. The van der Waals surface area contributed by atoms with Gasteiger partial charge in [0.15, 0.2) is 0 Å². The molecule has 102 valence electrons. The van der Waals surface area contributed by atoms with Crippen molar-refractivity contribution in [2.75, 3.05) is 0 Å². The molecule has 1 aromatic rings. The van der Waals surface area contributed by atoms with Crippen molar-refractivity contribution in [3.05, 3.63) is 35.9 Å². The van der Waals surface area contributed by atoms with Gasteiger partial charge in [-0.15, -0.1) is 33.8 Å². The van der Waals surface area contributed by atoms with Gasteiger partial charge in [0.05, 0.1) is 10.6 Å². The summed E-state index contributed by atoms with van der Waals surface area (Å²) in [7, 11) is 0. The molecule has 1 aromatic carbocycles. The van der Waals surface area contributed by atoms with Gasteiger partial charge in [0, 0.05) is 6.42 Å². The molecular formula is C14H16Cl3NSi. The molecule has 1 fully saturated rings. The third-order valence-corrected chi connectivity index (χ3v) is 11.7. The zero-order chi connectivity index (χ0) is 13.9. The van der Waals surface area contributed by atoms with E-state index in [-0.39, 0.29) is 5.92 Å². The molecule has 1 heterocycles. The summed E-state index contributed by atoms with van der Waals surface area (Å²) < 4.78 is -0.674. The second kappa shape index (κ2) is 6.05. The van der Waals surface area contributed by atoms with E-state index in [2.05, 4.69) is 6.07 Å². The summed E-state index contributed by atoms with van der Waals surface area (Å²) in [5, 5.41) is 8.82. The molecule has 1 aliphatic rings. The minimum absolute atomic E-state index is 0.187. The fraction of sp³-hybridized carbons (Fsp3) is 0.500. The number of alkyl halides is 1. The second-order valence-electron chi connectivity index (χ2n) is 5.07. The van der Waals surface area contributed by atoms with E-state index < -0.39 is 11.2 Å². The number of rotatable bonds is 3. The van der Waals surface area contributed by atoms with Crippen molar-refractivity contribution >= 4 is 40.5 Å². The molecule has 1 aliphatic heterocycles. The van der Waals surface area contributed by atoms with Crippen LogP contribution >= 0.6 is 33.8 Å². The van der Waals surface area contributed by atoms with E-state index in [1.807, 2.05) is 30.3 Å². The first-order valence-corrected chi connectivity index (χ1v) is 11.1. The number of nitrogens with zero attached hydrogens (tertiary/aromatic N) is 1. The summed E-state index contributed by atoms with van der Waals surface area (Å²) in [4.78, 5) is 0. The fourth-order valence-electron chi connectivity index (χ4n) is 2.96. The summed E-state index contributed by atoms with van der Waals surface area (Å²) in [6, 6.07) is 12.9. The van der Waals surface area contributed by atoms with Gasteiger partial charge in [-0.25, -0.2) is 0 Å². The highest BCUT2D eigenvalue weighted by Gasteiger charge is 2.58. The molecule has 0 amide bonds. The highest BCUT2D eigenvalue weighted by Crippen LogP contribution is 2.56. The highest BCUT2D eigenvalue weighted by molar-refractivity contribution is 7.47. The highest BCUT2D eigenvalue weighted by atomic mass is 35.7. The molecule has 1 nitrogen and oxygen atoms in total. The third-order valence-electron chi connectivity index (χ3n) is 3.94. The zero-order valence-corrected chi connectivity index (χ0v) is 13.8. The monoisotopic (exact) mass is 331 g/mol. The lowest BCUT2D eigenvalue weighted by Crippen LogP contribution is -2.52. The average molecular weight is 333 g/mol. The summed E-state index contributed by atoms with van der Waals surface area (Å²) >= 11 is 20.3. The van der Waals surface area contributed by atoms with E-state index in [1.165, 1.54) is 0 Å². The lowest BCUT2D eigenvalue weighted by atomic mass is 9.89. The van der Waals surface area contributed by atoms with Crippen molar-refractivity contribution in [3.8, 4) is 6.07 Å². The minimum Gasteiger partial charge on any atom is -0.198 e. The lowest BCUT2D eigenvalue weighted by molar-refractivity contribution is 0.379. The lowest BCUT2D eigenvalue weighted by Gasteiger charge is -2.46. The zero-order valence-electron chi connectivity index (χ0n) is 10.6. The van der Waals surface area contributed by atoms with Crippen LogP contribution in [-0.2, 0) is 4.50 Å². The largest absolute Gasteiger partial charge is 0.276 e. The molecular weight excluding hydrogens is 317 g/mol. The molecule has 0 aromatic heterocycles. The Morgan fingerprint density at radius 3 is 2.63 bits per heavy atom. The molecule has 19 heavy (non-hydrogen) atoms. The number of hydrogen-bond donors (Lipinski definition) is 0. The van der Waals surface area contributed by atoms with E-state index in [9.17, 15) is 0 Å². The van der Waals surface area contributed by atoms with Crippen molar-refractivity contribution in [2.24, 2.45) is 5.92 Å². The van der Waals surface area contributed by atoms with Crippen LogP contribution < -0.4 is 0 Å². The van der Waals surface area contributed by atoms with E-state index >= 15 is 0 Å². The average Bonchev–Trinajstić information content (AvgIpc) is 2.41. The normalized spacial score (nSPS) is 29.7. The van der Waals surface area contributed by atoms with Crippen LogP contribution in [-0.4, -0.2) is 6.69 Å². The third kappa shape index (κ3) is 2.80. The molecule has 0 spiro atoms. The molecule has 2 rings (SSSR count). The molecule has 1 saturated heterocycles. The van der Waals surface area contributed by atoms with Crippen LogP contribution in [0.2, 0.25) is 6.04 Å². The topological polar surface area (TPSA) is 23.8 Å². The van der Waals surface area contributed by atoms with E-state index in [0.29, 0.717) is 6.42 Å². The summed E-state index contributed by atoms with van der Waals surface area (Å²) in [5.74, 6) is 0.187. The van der Waals surface area contributed by atoms with Crippen LogP contribution in [0.4, 0.5) is 0 Å². The van der Waals surface area contributed by atoms with E-state index in [4.69, 9.17) is 39.0 Å². The van der Waals surface area contributed by atoms with Crippen molar-refractivity contribution in [2.45, 2.75) is 36.2 Å². The van der Waals surface area contributed by atoms with Gasteiger partial charge in [0.2, 0.25) is 0 Å². The van der Waals surface area contributed by atoms with E-state index in [0.717, 1.165) is 30.9 Å². The second-order valence-corrected chi connectivity index (χ2v) is 13.1. The predicted molar refractivity (Wildman–Crippen MR) is 83.8 cm³/mol. The van der Waals surface area contributed by atoms with Gasteiger partial charge in [-0.1, -0.05) is 36.8 Å². The van der Waals surface area contributed by atoms with Crippen molar-refractivity contribution in [1.82, 2.24) is 0 Å². The molecule has 0 N–H and O–H groups in total. The van der Waals surface area contributed by atoms with Crippen LogP contribution in [0.1, 0.15) is 31.2 Å². The van der Waals surface area contributed by atoms with Gasteiger partial charge in [-0.3, -0.25) is 0 Å². The van der Waals surface area contributed by atoms with Gasteiger partial charge in [-0.2, -0.15) is 5.26 Å². The maximum atomic E-state index is 8.82. The molecule has 5 heteroatoms. The van der Waals surface area contributed by atoms with Gasteiger partial charge in [0.1, 0.15) is 0 Å². The molecule has 0 radical (unpaired) electrons. The Hall–Kier alpha value is -0.203. The van der Waals surface area contributed by atoms with Gasteiger partial charge in [-0.05, 0) is 30.4 Å². The quantitative estimate of drug-likeness (QED) is 0.419. The molecule has 0 aliphatic carbocycles. The Bertz CT molecular complexity index is 471. The smallest absolute Gasteiger partial charge is 0.198 e. The number of hydrogen-bond acceptors (Lipinski definition) is 1. The first-order chi connectivity index (χ1) is 9.02. The predicted octanol–water partition coefficient (Wildman–Crippen LogP) is 5.29. The molecule has 0 saturated carbocycles. The number of halogens is 3. The summed E-state index contributed by atoms with van der Waals surface area (Å²) in [5.41, 5.74) is 1.01. The van der Waals surface area contributed by atoms with Gasteiger partial charge >= 0.3 is 0 Å². The standard InChI is InChI=1S/C14H16Cl3NSi/c15-14(12-6-2-1-3-7-12)13(8-4-10-18)9-5-11-19(14,16)17/h1-3,6-7,13H,4-5,8-9,11H2. The Balaban J connectivity index is 2.41. The van der Waals surface area contributed by atoms with Gasteiger partial charge < -0.3 is 0 Å². The fourth-order valence-corrected chi connectivity index (χ4v) is 8.46. The molecule has 0 bridgehead atoms. The SMILES string of the molecule is N#CCCC1CCC[Si](Cl)(Cl)C1(Cl)c1ccccc1. The number of nitriles is 1. The molecule has 2 unspecified atom stereocenters. The van der Waals surface area contributed by atoms with Crippen molar-refractivity contribution in [1.29, 1.82) is 5.26 Å². The van der Waals surface area contributed by atoms with Crippen molar-refractivity contribution < 1.29 is 0 Å². The first kappa shape index (κ1) is 15.2. The maximum Gasteiger partial charge on any atom is 0.276 e. The number of benzene rings is 1. The van der Waals surface area contributed by atoms with Crippen molar-refractivity contribution in [3.63, 3.8) is 0 Å². The van der Waals surface area contributed by atoms with Crippen LogP contribution in [0.5, 0.6) is 0 Å².